The molecule has 0 aliphatic heterocycles. The molecular formula is C12H23NO2. The highest BCUT2D eigenvalue weighted by molar-refractivity contribution is 5.79. The van der Waals surface area contributed by atoms with E-state index in [-0.39, 0.29) is 0 Å². The van der Waals surface area contributed by atoms with Crippen LogP contribution in [0.4, 0.5) is 0 Å². The molecule has 1 rings (SSSR count). The zero-order valence-electron chi connectivity index (χ0n) is 9.88. The fourth-order valence-electron chi connectivity index (χ4n) is 2.49. The Bertz CT molecular complexity index is 218. The van der Waals surface area contributed by atoms with E-state index in [9.17, 15) is 9.90 Å². The van der Waals surface area contributed by atoms with Crippen molar-refractivity contribution in [2.45, 2.75) is 57.9 Å². The number of hydrogen-bond donors (Lipinski definition) is 2. The summed E-state index contributed by atoms with van der Waals surface area (Å²) in [6, 6.07) is 0. The van der Waals surface area contributed by atoms with Crippen LogP contribution in [0, 0.1) is 5.92 Å². The minimum absolute atomic E-state index is 0.531. The number of carboxylic acid groups (broad SMARTS) is 1. The number of aliphatic carboxylic acids is 1. The van der Waals surface area contributed by atoms with E-state index in [4.69, 9.17) is 0 Å². The molecule has 0 radical (unpaired) electrons. The lowest BCUT2D eigenvalue weighted by molar-refractivity contribution is -0.147. The molecule has 1 aliphatic carbocycles. The van der Waals surface area contributed by atoms with Gasteiger partial charge in [0.2, 0.25) is 0 Å². The monoisotopic (exact) mass is 213 g/mol. The summed E-state index contributed by atoms with van der Waals surface area (Å²) in [6.45, 7) is 5.10. The van der Waals surface area contributed by atoms with Crippen LogP contribution >= 0.6 is 0 Å². The van der Waals surface area contributed by atoms with Gasteiger partial charge in [-0.25, -0.2) is 0 Å². The zero-order valence-corrected chi connectivity index (χ0v) is 9.88. The maximum Gasteiger partial charge on any atom is 0.323 e. The third-order valence-electron chi connectivity index (χ3n) is 3.40. The summed E-state index contributed by atoms with van der Waals surface area (Å²) in [6.07, 6.45) is 5.95. The highest BCUT2D eigenvalue weighted by atomic mass is 16.4. The molecule has 0 bridgehead atoms. The van der Waals surface area contributed by atoms with Crippen molar-refractivity contribution in [3.8, 4) is 0 Å². The Morgan fingerprint density at radius 3 is 2.87 bits per heavy atom. The number of carbonyl (C=O) groups is 1. The van der Waals surface area contributed by atoms with Gasteiger partial charge in [-0.05, 0) is 31.7 Å². The van der Waals surface area contributed by atoms with Gasteiger partial charge in [-0.2, -0.15) is 0 Å². The lowest BCUT2D eigenvalue weighted by Gasteiger charge is -2.37. The third kappa shape index (κ3) is 3.20. The summed E-state index contributed by atoms with van der Waals surface area (Å²) in [5.74, 6) is -0.130. The van der Waals surface area contributed by atoms with E-state index in [0.717, 1.165) is 38.6 Å². The number of rotatable bonds is 5. The minimum Gasteiger partial charge on any atom is -0.480 e. The molecule has 2 N–H and O–H groups in total. The molecular weight excluding hydrogens is 190 g/mol. The van der Waals surface area contributed by atoms with Gasteiger partial charge in [-0.15, -0.1) is 0 Å². The van der Waals surface area contributed by atoms with Gasteiger partial charge < -0.3 is 10.4 Å². The van der Waals surface area contributed by atoms with E-state index in [1.165, 1.54) is 6.42 Å². The van der Waals surface area contributed by atoms with Crippen LogP contribution in [-0.2, 0) is 4.79 Å². The molecule has 0 amide bonds. The van der Waals surface area contributed by atoms with Crippen LogP contribution in [0.2, 0.25) is 0 Å². The van der Waals surface area contributed by atoms with Crippen molar-refractivity contribution in [3.05, 3.63) is 0 Å². The third-order valence-corrected chi connectivity index (χ3v) is 3.40. The minimum atomic E-state index is -0.662. The first-order valence-corrected chi connectivity index (χ1v) is 6.09. The SMILES string of the molecule is CCCCNC1(C(=O)O)CCCC(C)C1. The standard InChI is InChI=1S/C12H23NO2/c1-3-4-8-13-12(11(14)15)7-5-6-10(2)9-12/h10,13H,3-9H2,1-2H3,(H,14,15). The molecule has 2 atom stereocenters. The molecule has 0 spiro atoms. The predicted octanol–water partition coefficient (Wildman–Crippen LogP) is 2.41. The fraction of sp³-hybridized carbons (Fsp3) is 0.917. The molecule has 1 fully saturated rings. The van der Waals surface area contributed by atoms with Gasteiger partial charge >= 0.3 is 5.97 Å². The van der Waals surface area contributed by atoms with Crippen LogP contribution < -0.4 is 5.32 Å². The average molecular weight is 213 g/mol. The van der Waals surface area contributed by atoms with Crippen LogP contribution in [0.25, 0.3) is 0 Å². The Balaban J connectivity index is 2.57. The lowest BCUT2D eigenvalue weighted by Crippen LogP contribution is -2.54. The van der Waals surface area contributed by atoms with E-state index in [1.54, 1.807) is 0 Å². The van der Waals surface area contributed by atoms with E-state index >= 15 is 0 Å². The number of hydrogen-bond acceptors (Lipinski definition) is 2. The summed E-state index contributed by atoms with van der Waals surface area (Å²) in [4.78, 5) is 11.4. The highest BCUT2D eigenvalue weighted by Gasteiger charge is 2.41. The molecule has 3 heteroatoms. The normalized spacial score (nSPS) is 31.5. The van der Waals surface area contributed by atoms with Crippen molar-refractivity contribution in [1.82, 2.24) is 5.32 Å². The van der Waals surface area contributed by atoms with E-state index < -0.39 is 11.5 Å². The summed E-state index contributed by atoms with van der Waals surface area (Å²) in [5.41, 5.74) is -0.632. The molecule has 3 nitrogen and oxygen atoms in total. The highest BCUT2D eigenvalue weighted by Crippen LogP contribution is 2.32. The summed E-state index contributed by atoms with van der Waals surface area (Å²) < 4.78 is 0. The van der Waals surface area contributed by atoms with Gasteiger partial charge in [-0.3, -0.25) is 4.79 Å². The van der Waals surface area contributed by atoms with Crippen LogP contribution in [0.15, 0.2) is 0 Å². The first-order valence-electron chi connectivity index (χ1n) is 6.09. The van der Waals surface area contributed by atoms with Crippen LogP contribution in [-0.4, -0.2) is 23.2 Å². The Kier molecular flexibility index (Phi) is 4.58. The van der Waals surface area contributed by atoms with E-state index in [0.29, 0.717) is 5.92 Å². The molecule has 0 aromatic heterocycles. The van der Waals surface area contributed by atoms with Gasteiger partial charge in [0.05, 0.1) is 0 Å². The molecule has 1 aliphatic rings. The maximum atomic E-state index is 11.4. The van der Waals surface area contributed by atoms with Gasteiger partial charge in [-0.1, -0.05) is 33.1 Å². The van der Waals surface area contributed by atoms with Crippen molar-refractivity contribution in [3.63, 3.8) is 0 Å². The van der Waals surface area contributed by atoms with Gasteiger partial charge in [0.15, 0.2) is 0 Å². The number of unbranched alkanes of at least 4 members (excludes halogenated alkanes) is 1. The molecule has 0 heterocycles. The molecule has 1 saturated carbocycles. The van der Waals surface area contributed by atoms with Crippen molar-refractivity contribution in [1.29, 1.82) is 0 Å². The van der Waals surface area contributed by atoms with Crippen LogP contribution in [0.5, 0.6) is 0 Å². The fourth-order valence-corrected chi connectivity index (χ4v) is 2.49. The zero-order chi connectivity index (χ0) is 11.3. The second kappa shape index (κ2) is 5.50. The second-order valence-electron chi connectivity index (χ2n) is 4.87. The van der Waals surface area contributed by atoms with Gasteiger partial charge in [0.1, 0.15) is 5.54 Å². The van der Waals surface area contributed by atoms with Gasteiger partial charge in [0.25, 0.3) is 0 Å². The number of carboxylic acids is 1. The van der Waals surface area contributed by atoms with Crippen molar-refractivity contribution in [2.24, 2.45) is 5.92 Å². The Labute approximate surface area is 92.3 Å². The molecule has 15 heavy (non-hydrogen) atoms. The van der Waals surface area contributed by atoms with E-state index in [2.05, 4.69) is 19.2 Å². The van der Waals surface area contributed by atoms with Gasteiger partial charge in [0, 0.05) is 0 Å². The topological polar surface area (TPSA) is 49.3 Å². The predicted molar refractivity (Wildman–Crippen MR) is 60.9 cm³/mol. The Hall–Kier alpha value is -0.570. The summed E-state index contributed by atoms with van der Waals surface area (Å²) >= 11 is 0. The lowest BCUT2D eigenvalue weighted by atomic mass is 9.76. The van der Waals surface area contributed by atoms with Crippen molar-refractivity contribution < 1.29 is 9.90 Å². The molecule has 2 unspecified atom stereocenters. The number of nitrogens with one attached hydrogen (secondary N) is 1. The molecule has 0 aromatic carbocycles. The smallest absolute Gasteiger partial charge is 0.323 e. The molecule has 88 valence electrons. The van der Waals surface area contributed by atoms with Crippen molar-refractivity contribution >= 4 is 5.97 Å². The Morgan fingerprint density at radius 2 is 2.33 bits per heavy atom. The molecule has 0 saturated heterocycles. The Morgan fingerprint density at radius 1 is 1.60 bits per heavy atom. The first kappa shape index (κ1) is 12.5. The molecule has 0 aromatic rings. The second-order valence-corrected chi connectivity index (χ2v) is 4.87. The van der Waals surface area contributed by atoms with E-state index in [1.807, 2.05) is 0 Å². The summed E-state index contributed by atoms with van der Waals surface area (Å²) in [5, 5.41) is 12.6. The largest absolute Gasteiger partial charge is 0.480 e. The van der Waals surface area contributed by atoms with Crippen LogP contribution in [0.1, 0.15) is 52.4 Å². The summed E-state index contributed by atoms with van der Waals surface area (Å²) in [7, 11) is 0. The van der Waals surface area contributed by atoms with Crippen molar-refractivity contribution in [2.75, 3.05) is 6.54 Å². The maximum absolute atomic E-state index is 11.4. The first-order chi connectivity index (χ1) is 7.10. The quantitative estimate of drug-likeness (QED) is 0.689. The average Bonchev–Trinajstić information content (AvgIpc) is 2.18. The van der Waals surface area contributed by atoms with Crippen LogP contribution in [0.3, 0.4) is 0 Å².